The first-order valence-corrected chi connectivity index (χ1v) is 5.24. The molecule has 2 heteroatoms. The summed E-state index contributed by atoms with van der Waals surface area (Å²) in [5, 5.41) is 9.75. The number of hydrogen-bond acceptors (Lipinski definition) is 2. The molecule has 1 saturated carbocycles. The van der Waals surface area contributed by atoms with Crippen LogP contribution in [0, 0.1) is 0 Å². The third kappa shape index (κ3) is 1.50. The van der Waals surface area contributed by atoms with Crippen LogP contribution in [-0.2, 0) is 0 Å². The second-order valence-electron chi connectivity index (χ2n) is 4.25. The minimum absolute atomic E-state index is 0.0480. The van der Waals surface area contributed by atoms with E-state index in [1.165, 1.54) is 0 Å². The highest BCUT2D eigenvalue weighted by Crippen LogP contribution is 2.48. The van der Waals surface area contributed by atoms with Gasteiger partial charge in [-0.2, -0.15) is 0 Å². The summed E-state index contributed by atoms with van der Waals surface area (Å²) >= 11 is 0. The molecule has 0 radical (unpaired) electrons. The van der Waals surface area contributed by atoms with Crippen LogP contribution in [0.5, 0.6) is 5.75 Å². The van der Waals surface area contributed by atoms with E-state index in [2.05, 4.69) is 6.92 Å². The van der Waals surface area contributed by atoms with Crippen LogP contribution in [0.2, 0.25) is 0 Å². The van der Waals surface area contributed by atoms with Gasteiger partial charge in [0.05, 0.1) is 0 Å². The van der Waals surface area contributed by atoms with Crippen LogP contribution in [0.25, 0.3) is 0 Å². The molecule has 1 aromatic rings. The molecule has 0 spiro atoms. The first-order valence-electron chi connectivity index (χ1n) is 5.24. The Hall–Kier alpha value is -1.02. The number of aromatic hydroxyl groups is 1. The molecule has 1 unspecified atom stereocenters. The molecule has 0 aliphatic heterocycles. The molecule has 1 fully saturated rings. The molecule has 0 aromatic heterocycles. The number of rotatable bonds is 3. The van der Waals surface area contributed by atoms with Gasteiger partial charge < -0.3 is 10.8 Å². The van der Waals surface area contributed by atoms with E-state index in [0.29, 0.717) is 11.7 Å². The topological polar surface area (TPSA) is 46.2 Å². The molecule has 1 atom stereocenters. The molecule has 3 N–H and O–H groups in total. The molecule has 2 rings (SSSR count). The van der Waals surface area contributed by atoms with Gasteiger partial charge in [0.25, 0.3) is 0 Å². The molecular formula is C12H17NO. The Kier molecular flexibility index (Phi) is 2.23. The van der Waals surface area contributed by atoms with Crippen molar-refractivity contribution in [2.75, 3.05) is 0 Å². The van der Waals surface area contributed by atoms with Crippen LogP contribution in [0.3, 0.4) is 0 Å². The lowest BCUT2D eigenvalue weighted by molar-refractivity contribution is 0.437. The molecule has 0 heterocycles. The highest BCUT2D eigenvalue weighted by molar-refractivity contribution is 5.38. The summed E-state index contributed by atoms with van der Waals surface area (Å²) in [7, 11) is 0. The lowest BCUT2D eigenvalue weighted by Gasteiger charge is -2.23. The van der Waals surface area contributed by atoms with Gasteiger partial charge in [-0.05, 0) is 30.9 Å². The Morgan fingerprint density at radius 3 is 2.57 bits per heavy atom. The monoisotopic (exact) mass is 191 g/mol. The third-order valence-corrected chi connectivity index (χ3v) is 3.24. The van der Waals surface area contributed by atoms with Gasteiger partial charge in [0.1, 0.15) is 5.75 Å². The molecule has 76 valence electrons. The van der Waals surface area contributed by atoms with E-state index < -0.39 is 0 Å². The van der Waals surface area contributed by atoms with Crippen LogP contribution in [0.1, 0.15) is 37.7 Å². The molecule has 0 amide bonds. The number of phenols is 1. The van der Waals surface area contributed by atoms with Crippen LogP contribution in [0.4, 0.5) is 0 Å². The average molecular weight is 191 g/mol. The summed E-state index contributed by atoms with van der Waals surface area (Å²) in [6.07, 6.45) is 3.16. The Morgan fingerprint density at radius 2 is 2.07 bits per heavy atom. The van der Waals surface area contributed by atoms with Gasteiger partial charge in [-0.25, -0.2) is 0 Å². The average Bonchev–Trinajstić information content (AvgIpc) is 2.89. The van der Waals surface area contributed by atoms with Crippen LogP contribution < -0.4 is 5.73 Å². The smallest absolute Gasteiger partial charge is 0.119 e. The standard InChI is InChI=1S/C12H17NO/c1-2-10(12(13)7-8-12)9-5-3-4-6-11(9)14/h3-6,10,14H,2,7-8,13H2,1H3. The Bertz CT molecular complexity index is 331. The largest absolute Gasteiger partial charge is 0.508 e. The zero-order valence-electron chi connectivity index (χ0n) is 8.53. The summed E-state index contributed by atoms with van der Waals surface area (Å²) in [6, 6.07) is 7.53. The molecule has 2 nitrogen and oxygen atoms in total. The van der Waals surface area contributed by atoms with E-state index >= 15 is 0 Å². The number of phenolic OH excluding ortho intramolecular Hbond substituents is 1. The van der Waals surface area contributed by atoms with Crippen molar-refractivity contribution in [3.05, 3.63) is 29.8 Å². The zero-order chi connectivity index (χ0) is 10.2. The van der Waals surface area contributed by atoms with E-state index in [1.54, 1.807) is 6.07 Å². The van der Waals surface area contributed by atoms with Gasteiger partial charge in [-0.3, -0.25) is 0 Å². The van der Waals surface area contributed by atoms with Crippen molar-refractivity contribution >= 4 is 0 Å². The van der Waals surface area contributed by atoms with Gasteiger partial charge in [0.2, 0.25) is 0 Å². The molecule has 0 saturated heterocycles. The van der Waals surface area contributed by atoms with E-state index in [9.17, 15) is 5.11 Å². The molecule has 1 aliphatic carbocycles. The number of para-hydroxylation sites is 1. The molecular weight excluding hydrogens is 174 g/mol. The fourth-order valence-electron chi connectivity index (χ4n) is 2.21. The van der Waals surface area contributed by atoms with Crippen molar-refractivity contribution in [2.24, 2.45) is 5.73 Å². The minimum Gasteiger partial charge on any atom is -0.508 e. The number of hydrogen-bond donors (Lipinski definition) is 2. The van der Waals surface area contributed by atoms with E-state index in [0.717, 1.165) is 24.8 Å². The summed E-state index contributed by atoms with van der Waals surface area (Å²) in [5.74, 6) is 0.694. The first kappa shape index (κ1) is 9.53. The van der Waals surface area contributed by atoms with Crippen LogP contribution in [-0.4, -0.2) is 10.6 Å². The van der Waals surface area contributed by atoms with Crippen LogP contribution in [0.15, 0.2) is 24.3 Å². The predicted octanol–water partition coefficient (Wildman–Crippen LogP) is 2.38. The normalized spacial score (nSPS) is 20.4. The van der Waals surface area contributed by atoms with Gasteiger partial charge in [0.15, 0.2) is 0 Å². The molecule has 14 heavy (non-hydrogen) atoms. The van der Waals surface area contributed by atoms with Gasteiger partial charge >= 0.3 is 0 Å². The minimum atomic E-state index is -0.0480. The quantitative estimate of drug-likeness (QED) is 0.770. The first-order chi connectivity index (χ1) is 6.67. The summed E-state index contributed by atoms with van der Waals surface area (Å²) in [5.41, 5.74) is 7.15. The maximum atomic E-state index is 9.75. The Labute approximate surface area is 84.7 Å². The number of nitrogens with two attached hydrogens (primary N) is 1. The van der Waals surface area contributed by atoms with Gasteiger partial charge in [-0.15, -0.1) is 0 Å². The number of benzene rings is 1. The Morgan fingerprint density at radius 1 is 1.43 bits per heavy atom. The van der Waals surface area contributed by atoms with Crippen molar-refractivity contribution < 1.29 is 5.11 Å². The Balaban J connectivity index is 2.32. The van der Waals surface area contributed by atoms with Crippen molar-refractivity contribution in [1.29, 1.82) is 0 Å². The fraction of sp³-hybridized carbons (Fsp3) is 0.500. The summed E-state index contributed by atoms with van der Waals surface area (Å²) in [6.45, 7) is 2.13. The third-order valence-electron chi connectivity index (χ3n) is 3.24. The summed E-state index contributed by atoms with van der Waals surface area (Å²) < 4.78 is 0. The van der Waals surface area contributed by atoms with E-state index in [4.69, 9.17) is 5.73 Å². The maximum Gasteiger partial charge on any atom is 0.119 e. The highest BCUT2D eigenvalue weighted by Gasteiger charge is 2.45. The highest BCUT2D eigenvalue weighted by atomic mass is 16.3. The predicted molar refractivity (Wildman–Crippen MR) is 57.3 cm³/mol. The molecule has 0 bridgehead atoms. The van der Waals surface area contributed by atoms with Crippen LogP contribution >= 0.6 is 0 Å². The van der Waals surface area contributed by atoms with Gasteiger partial charge in [0, 0.05) is 11.5 Å². The molecule has 1 aromatic carbocycles. The zero-order valence-corrected chi connectivity index (χ0v) is 8.53. The molecule has 1 aliphatic rings. The van der Waals surface area contributed by atoms with Crippen molar-refractivity contribution in [1.82, 2.24) is 0 Å². The van der Waals surface area contributed by atoms with E-state index in [-0.39, 0.29) is 5.54 Å². The van der Waals surface area contributed by atoms with Gasteiger partial charge in [-0.1, -0.05) is 25.1 Å². The second-order valence-corrected chi connectivity index (χ2v) is 4.25. The maximum absolute atomic E-state index is 9.75. The fourth-order valence-corrected chi connectivity index (χ4v) is 2.21. The SMILES string of the molecule is CCC(c1ccccc1O)C1(N)CC1. The second kappa shape index (κ2) is 3.28. The van der Waals surface area contributed by atoms with E-state index in [1.807, 2.05) is 18.2 Å². The lowest BCUT2D eigenvalue weighted by Crippen LogP contribution is -2.30. The summed E-state index contributed by atoms with van der Waals surface area (Å²) in [4.78, 5) is 0. The lowest BCUT2D eigenvalue weighted by atomic mass is 9.87. The van der Waals surface area contributed by atoms with Crippen molar-refractivity contribution in [3.63, 3.8) is 0 Å². The van der Waals surface area contributed by atoms with Crippen molar-refractivity contribution in [2.45, 2.75) is 37.6 Å². The van der Waals surface area contributed by atoms with Crippen molar-refractivity contribution in [3.8, 4) is 5.75 Å².